The lowest BCUT2D eigenvalue weighted by Crippen LogP contribution is -2.49. The molecule has 0 amide bonds. The lowest BCUT2D eigenvalue weighted by Gasteiger charge is -2.49. The fourth-order valence-electron chi connectivity index (χ4n) is 3.85. The van der Waals surface area contributed by atoms with E-state index in [1.165, 1.54) is 0 Å². The highest BCUT2D eigenvalue weighted by atomic mass is 16.3. The summed E-state index contributed by atoms with van der Waals surface area (Å²) >= 11 is 0. The second-order valence-corrected chi connectivity index (χ2v) is 6.17. The lowest BCUT2D eigenvalue weighted by atomic mass is 9.56. The maximum Gasteiger partial charge on any atom is 0.111 e. The Balaban J connectivity index is 2.38. The molecule has 116 valence electrons. The van der Waals surface area contributed by atoms with Gasteiger partial charge in [0.2, 0.25) is 0 Å². The molecule has 21 heavy (non-hydrogen) atoms. The number of aliphatic hydroxyl groups is 2. The zero-order chi connectivity index (χ0) is 15.5. The number of hydrogen-bond donors (Lipinski definition) is 4. The zero-order valence-corrected chi connectivity index (χ0v) is 12.6. The first-order chi connectivity index (χ1) is 10.0. The van der Waals surface area contributed by atoms with Crippen LogP contribution in [0.15, 0.2) is 48.0 Å². The molecule has 2 aliphatic carbocycles. The van der Waals surface area contributed by atoms with E-state index >= 15 is 0 Å². The summed E-state index contributed by atoms with van der Waals surface area (Å²) in [5.74, 6) is 0.848. The van der Waals surface area contributed by atoms with Gasteiger partial charge >= 0.3 is 0 Å². The van der Waals surface area contributed by atoms with Crippen molar-refractivity contribution in [3.63, 3.8) is 0 Å². The van der Waals surface area contributed by atoms with Crippen molar-refractivity contribution in [2.24, 2.45) is 28.2 Å². The monoisotopic (exact) mass is 290 g/mol. The van der Waals surface area contributed by atoms with E-state index < -0.39 is 0 Å². The Morgan fingerprint density at radius 1 is 1.00 bits per heavy atom. The quantitative estimate of drug-likeness (QED) is 0.626. The smallest absolute Gasteiger partial charge is 0.111 e. The number of rotatable bonds is 5. The number of hydrogen-bond acceptors (Lipinski definition) is 4. The van der Waals surface area contributed by atoms with Crippen LogP contribution in [0.5, 0.6) is 0 Å². The summed E-state index contributed by atoms with van der Waals surface area (Å²) in [6, 6.07) is 0. The van der Waals surface area contributed by atoms with Crippen molar-refractivity contribution in [1.82, 2.24) is 0 Å². The SMILES string of the molecule is CCC(C1(CN)C=CC(O)=CC1)C1(CN)C=CC(O)=CC1. The summed E-state index contributed by atoms with van der Waals surface area (Å²) < 4.78 is 0. The van der Waals surface area contributed by atoms with E-state index in [2.05, 4.69) is 6.92 Å². The zero-order valence-electron chi connectivity index (χ0n) is 12.6. The Morgan fingerprint density at radius 3 is 1.67 bits per heavy atom. The molecule has 0 aromatic carbocycles. The molecule has 6 N–H and O–H groups in total. The minimum Gasteiger partial charge on any atom is -0.508 e. The molecule has 0 aromatic heterocycles. The molecule has 0 saturated carbocycles. The summed E-state index contributed by atoms with van der Waals surface area (Å²) in [5.41, 5.74) is 11.8. The molecular weight excluding hydrogens is 264 g/mol. The first-order valence-corrected chi connectivity index (χ1v) is 7.59. The number of nitrogens with two attached hydrogens (primary N) is 2. The highest BCUT2D eigenvalue weighted by molar-refractivity contribution is 5.28. The van der Waals surface area contributed by atoms with E-state index in [1.807, 2.05) is 24.3 Å². The topological polar surface area (TPSA) is 92.5 Å². The minimum atomic E-state index is -0.203. The molecule has 4 nitrogen and oxygen atoms in total. The largest absolute Gasteiger partial charge is 0.508 e. The molecule has 0 spiro atoms. The van der Waals surface area contributed by atoms with Crippen LogP contribution in [0.2, 0.25) is 0 Å². The third kappa shape index (κ3) is 2.78. The highest BCUT2D eigenvalue weighted by Gasteiger charge is 2.46. The van der Waals surface area contributed by atoms with Crippen LogP contribution in [0.3, 0.4) is 0 Å². The average Bonchev–Trinajstić information content (AvgIpc) is 2.52. The molecule has 2 aliphatic rings. The lowest BCUT2D eigenvalue weighted by molar-refractivity contribution is 0.0959. The molecule has 2 unspecified atom stereocenters. The van der Waals surface area contributed by atoms with Crippen LogP contribution in [-0.2, 0) is 0 Å². The van der Waals surface area contributed by atoms with Crippen molar-refractivity contribution in [2.45, 2.75) is 26.2 Å². The van der Waals surface area contributed by atoms with Gasteiger partial charge in [0.25, 0.3) is 0 Å². The molecule has 0 radical (unpaired) electrons. The maximum absolute atomic E-state index is 9.61. The minimum absolute atomic E-state index is 0.203. The predicted molar refractivity (Wildman–Crippen MR) is 85.7 cm³/mol. The van der Waals surface area contributed by atoms with Crippen molar-refractivity contribution < 1.29 is 10.2 Å². The highest BCUT2D eigenvalue weighted by Crippen LogP contribution is 2.50. The molecular formula is C17H26N2O2. The molecule has 0 fully saturated rings. The van der Waals surface area contributed by atoms with E-state index in [1.54, 1.807) is 12.2 Å². The van der Waals surface area contributed by atoms with E-state index in [-0.39, 0.29) is 16.7 Å². The fourth-order valence-corrected chi connectivity index (χ4v) is 3.85. The third-order valence-electron chi connectivity index (χ3n) is 5.11. The van der Waals surface area contributed by atoms with Gasteiger partial charge in [-0.25, -0.2) is 0 Å². The van der Waals surface area contributed by atoms with Crippen molar-refractivity contribution in [3.05, 3.63) is 48.0 Å². The van der Waals surface area contributed by atoms with Crippen LogP contribution in [0, 0.1) is 16.7 Å². The van der Waals surface area contributed by atoms with Crippen LogP contribution < -0.4 is 11.5 Å². The van der Waals surface area contributed by atoms with E-state index in [0.29, 0.717) is 24.6 Å². The van der Waals surface area contributed by atoms with Crippen LogP contribution in [-0.4, -0.2) is 23.3 Å². The molecule has 0 bridgehead atoms. The van der Waals surface area contributed by atoms with Gasteiger partial charge in [0.15, 0.2) is 0 Å². The van der Waals surface area contributed by atoms with Crippen LogP contribution in [0.25, 0.3) is 0 Å². The van der Waals surface area contributed by atoms with Crippen LogP contribution in [0.4, 0.5) is 0 Å². The first kappa shape index (κ1) is 15.9. The Kier molecular flexibility index (Phi) is 4.59. The maximum atomic E-state index is 9.61. The van der Waals surface area contributed by atoms with E-state index in [4.69, 9.17) is 11.5 Å². The third-order valence-corrected chi connectivity index (χ3v) is 5.11. The fraction of sp³-hybridized carbons (Fsp3) is 0.529. The normalized spacial score (nSPS) is 33.5. The van der Waals surface area contributed by atoms with Crippen LogP contribution in [0.1, 0.15) is 26.2 Å². The van der Waals surface area contributed by atoms with Gasteiger partial charge in [-0.3, -0.25) is 0 Å². The van der Waals surface area contributed by atoms with Gasteiger partial charge in [0, 0.05) is 23.9 Å². The van der Waals surface area contributed by atoms with Gasteiger partial charge in [-0.2, -0.15) is 0 Å². The Morgan fingerprint density at radius 2 is 1.43 bits per heavy atom. The van der Waals surface area contributed by atoms with Gasteiger partial charge in [0.1, 0.15) is 11.5 Å². The Labute approximate surface area is 126 Å². The Bertz CT molecular complexity index is 463. The Hall–Kier alpha value is -1.52. The molecule has 0 aliphatic heterocycles. The summed E-state index contributed by atoms with van der Waals surface area (Å²) in [6.45, 7) is 3.17. The molecule has 0 saturated heterocycles. The van der Waals surface area contributed by atoms with Gasteiger partial charge < -0.3 is 21.7 Å². The van der Waals surface area contributed by atoms with Gasteiger partial charge in [-0.1, -0.05) is 25.5 Å². The predicted octanol–water partition coefficient (Wildman–Crippen LogP) is 2.71. The molecule has 4 heteroatoms. The molecule has 0 heterocycles. The molecule has 0 aromatic rings. The summed E-state index contributed by atoms with van der Waals surface area (Å²) in [5, 5.41) is 19.2. The van der Waals surface area contributed by atoms with Crippen LogP contribution >= 0.6 is 0 Å². The molecule has 2 atom stereocenters. The van der Waals surface area contributed by atoms with Crippen molar-refractivity contribution in [3.8, 4) is 0 Å². The van der Waals surface area contributed by atoms with E-state index in [9.17, 15) is 10.2 Å². The summed E-state index contributed by atoms with van der Waals surface area (Å²) in [4.78, 5) is 0. The van der Waals surface area contributed by atoms with Crippen molar-refractivity contribution in [1.29, 1.82) is 0 Å². The number of aliphatic hydroxyl groups excluding tert-OH is 2. The second kappa shape index (κ2) is 6.08. The standard InChI is InChI=1S/C17H26N2O2/c1-2-15(16(11-18)7-3-13(20)4-8-16)17(12-19)9-5-14(21)6-10-17/h3-7,9,15,20-21H,2,8,10-12,18-19H2,1H3. The molecule has 2 rings (SSSR count). The van der Waals surface area contributed by atoms with Crippen molar-refractivity contribution in [2.75, 3.05) is 13.1 Å². The van der Waals surface area contributed by atoms with Gasteiger partial charge in [-0.05, 0) is 43.1 Å². The summed E-state index contributed by atoms with van der Waals surface area (Å²) in [7, 11) is 0. The first-order valence-electron chi connectivity index (χ1n) is 7.59. The van der Waals surface area contributed by atoms with Crippen molar-refractivity contribution >= 4 is 0 Å². The van der Waals surface area contributed by atoms with Gasteiger partial charge in [-0.15, -0.1) is 0 Å². The summed E-state index contributed by atoms with van der Waals surface area (Å²) in [6.07, 6.45) is 13.6. The van der Waals surface area contributed by atoms with Gasteiger partial charge in [0.05, 0.1) is 0 Å². The average molecular weight is 290 g/mol. The second-order valence-electron chi connectivity index (χ2n) is 6.17. The number of allylic oxidation sites excluding steroid dienone is 4. The van der Waals surface area contributed by atoms with E-state index in [0.717, 1.165) is 19.3 Å².